The summed E-state index contributed by atoms with van der Waals surface area (Å²) in [5.74, 6) is 0.438. The lowest BCUT2D eigenvalue weighted by molar-refractivity contribution is -0.0812. The summed E-state index contributed by atoms with van der Waals surface area (Å²) in [6, 6.07) is 6.25. The topological polar surface area (TPSA) is 83.6 Å². The lowest BCUT2D eigenvalue weighted by Gasteiger charge is -2.29. The highest BCUT2D eigenvalue weighted by Gasteiger charge is 2.32. The summed E-state index contributed by atoms with van der Waals surface area (Å²) in [4.78, 5) is 10.5. The van der Waals surface area contributed by atoms with Crippen molar-refractivity contribution in [3.05, 3.63) is 35.4 Å². The Bertz CT molecular complexity index is 390. The molecule has 0 aliphatic heterocycles. The van der Waals surface area contributed by atoms with Gasteiger partial charge < -0.3 is 10.2 Å². The summed E-state index contributed by atoms with van der Waals surface area (Å²) >= 11 is 0. The Morgan fingerprint density at radius 3 is 2.21 bits per heavy atom. The lowest BCUT2D eigenvalue weighted by atomic mass is 9.92. The molecule has 0 radical (unpaired) electrons. The van der Waals surface area contributed by atoms with Crippen molar-refractivity contribution < 1.29 is 15.0 Å². The number of halogens is 1. The largest absolute Gasteiger partial charge is 0.388 e. The fourth-order valence-corrected chi connectivity index (χ4v) is 1.73. The molecule has 1 aromatic rings. The van der Waals surface area contributed by atoms with Gasteiger partial charge in [-0.3, -0.25) is 10.5 Å². The minimum absolute atomic E-state index is 0. The summed E-state index contributed by atoms with van der Waals surface area (Å²) < 4.78 is 0. The van der Waals surface area contributed by atoms with E-state index in [9.17, 15) is 15.0 Å². The highest BCUT2D eigenvalue weighted by molar-refractivity contribution is 5.85. The first-order chi connectivity index (χ1) is 8.37. The van der Waals surface area contributed by atoms with Crippen molar-refractivity contribution in [1.82, 2.24) is 0 Å². The molecule has 0 saturated heterocycles. The van der Waals surface area contributed by atoms with E-state index < -0.39 is 11.8 Å². The van der Waals surface area contributed by atoms with Crippen LogP contribution in [0.4, 0.5) is 0 Å². The number of carbonyl (C=O) groups is 1. The Hall–Kier alpha value is -0.940. The molecule has 1 rings (SSSR count). The summed E-state index contributed by atoms with van der Waals surface area (Å²) in [6.07, 6.45) is 0.906. The molecule has 0 aliphatic rings. The van der Waals surface area contributed by atoms with Crippen LogP contribution >= 0.6 is 12.4 Å². The van der Waals surface area contributed by atoms with Gasteiger partial charge in [0.05, 0.1) is 0 Å². The fraction of sp³-hybridized carbons (Fsp3) is 0.500. The van der Waals surface area contributed by atoms with Gasteiger partial charge in [0.2, 0.25) is 0 Å². The predicted molar refractivity (Wildman–Crippen MR) is 77.2 cm³/mol. The van der Waals surface area contributed by atoms with Gasteiger partial charge in [-0.2, -0.15) is 0 Å². The lowest BCUT2D eigenvalue weighted by Crippen LogP contribution is -2.47. The maximum Gasteiger partial charge on any atom is 0.165 e. The molecule has 1 aromatic carbocycles. The molecule has 0 spiro atoms. The highest BCUT2D eigenvalue weighted by atomic mass is 35.5. The van der Waals surface area contributed by atoms with Crippen molar-refractivity contribution in [1.29, 1.82) is 0 Å². The molecule has 4 nitrogen and oxygen atoms in total. The maximum atomic E-state index is 10.5. The number of hydrogen-bond donors (Lipinski definition) is 3. The third-order valence-corrected chi connectivity index (χ3v) is 3.03. The molecule has 5 heteroatoms. The monoisotopic (exact) mass is 287 g/mol. The van der Waals surface area contributed by atoms with E-state index in [0.29, 0.717) is 29.8 Å². The molecule has 0 aromatic heterocycles. The van der Waals surface area contributed by atoms with E-state index in [0.717, 1.165) is 6.42 Å². The van der Waals surface area contributed by atoms with E-state index in [1.807, 2.05) is 13.8 Å². The second-order valence-corrected chi connectivity index (χ2v) is 5.05. The van der Waals surface area contributed by atoms with Gasteiger partial charge in [0.1, 0.15) is 12.4 Å². The first-order valence-electron chi connectivity index (χ1n) is 6.13. The van der Waals surface area contributed by atoms with Gasteiger partial charge in [-0.1, -0.05) is 38.1 Å². The number of hydrogen-bond acceptors (Lipinski definition) is 4. The van der Waals surface area contributed by atoms with Crippen LogP contribution in [-0.2, 0) is 5.72 Å². The molecule has 0 bridgehead atoms. The highest BCUT2D eigenvalue weighted by Crippen LogP contribution is 2.23. The number of rotatable bonds is 6. The predicted octanol–water partition coefficient (Wildman–Crippen LogP) is 1.82. The summed E-state index contributed by atoms with van der Waals surface area (Å²) in [7, 11) is 0. The van der Waals surface area contributed by atoms with Gasteiger partial charge in [0, 0.05) is 11.1 Å². The van der Waals surface area contributed by atoms with Crippen molar-refractivity contribution >= 4 is 18.7 Å². The molecule has 0 saturated carbocycles. The Labute approximate surface area is 120 Å². The number of aliphatic hydroxyl groups excluding tert-OH is 1. The smallest absolute Gasteiger partial charge is 0.165 e. The number of aldehydes is 1. The molecule has 4 N–H and O–H groups in total. The number of carbonyl (C=O) groups excluding carboxylic acids is 1. The van der Waals surface area contributed by atoms with Gasteiger partial charge >= 0.3 is 0 Å². The first kappa shape index (κ1) is 18.1. The summed E-state index contributed by atoms with van der Waals surface area (Å²) in [5, 5.41) is 20.1. The Balaban J connectivity index is 0.00000324. The van der Waals surface area contributed by atoms with Gasteiger partial charge in [0.25, 0.3) is 0 Å². The van der Waals surface area contributed by atoms with E-state index in [1.165, 1.54) is 0 Å². The van der Waals surface area contributed by atoms with Gasteiger partial charge in [-0.15, -0.1) is 12.4 Å². The van der Waals surface area contributed by atoms with E-state index in [2.05, 4.69) is 0 Å². The van der Waals surface area contributed by atoms with Crippen LogP contribution in [0.1, 0.15) is 42.6 Å². The van der Waals surface area contributed by atoms with Crippen molar-refractivity contribution in [2.45, 2.75) is 38.5 Å². The Morgan fingerprint density at radius 2 is 1.79 bits per heavy atom. The van der Waals surface area contributed by atoms with Gasteiger partial charge in [-0.05, 0) is 18.8 Å². The zero-order valence-corrected chi connectivity index (χ0v) is 12.1. The standard InChI is InChI=1S/C14H21NO3.ClH/c1-10(2)3-8-13(17)14(15,18)12-6-4-11(9-16)5-7-12;/h4-7,9-10,13,17-18H,3,8,15H2,1-2H3;1H/t13-,14-;/m0./s1. The second-order valence-electron chi connectivity index (χ2n) is 5.05. The molecule has 0 unspecified atom stereocenters. The molecule has 0 amide bonds. The van der Waals surface area contributed by atoms with Gasteiger partial charge in [-0.25, -0.2) is 0 Å². The number of aliphatic hydroxyl groups is 2. The molecule has 2 atom stereocenters. The number of nitrogens with two attached hydrogens (primary N) is 1. The van der Waals surface area contributed by atoms with Crippen LogP contribution in [0.3, 0.4) is 0 Å². The zero-order valence-electron chi connectivity index (χ0n) is 11.2. The molecule has 108 valence electrons. The van der Waals surface area contributed by atoms with Crippen molar-refractivity contribution in [3.8, 4) is 0 Å². The zero-order chi connectivity index (χ0) is 13.8. The summed E-state index contributed by atoms with van der Waals surface area (Å²) in [6.45, 7) is 4.09. The van der Waals surface area contributed by atoms with Crippen LogP contribution in [0, 0.1) is 5.92 Å². The number of benzene rings is 1. The van der Waals surface area contributed by atoms with Crippen LogP contribution in [0.15, 0.2) is 24.3 Å². The van der Waals surface area contributed by atoms with Gasteiger partial charge in [0.15, 0.2) is 5.72 Å². The quantitative estimate of drug-likeness (QED) is 0.550. The maximum absolute atomic E-state index is 10.5. The fourth-order valence-electron chi connectivity index (χ4n) is 1.73. The molecule has 19 heavy (non-hydrogen) atoms. The van der Waals surface area contributed by atoms with Crippen LogP contribution in [0.2, 0.25) is 0 Å². The molecular formula is C14H22ClNO3. The Kier molecular flexibility index (Phi) is 7.23. The first-order valence-corrected chi connectivity index (χ1v) is 6.13. The van der Waals surface area contributed by atoms with E-state index in [-0.39, 0.29) is 12.4 Å². The molecular weight excluding hydrogens is 266 g/mol. The SMILES string of the molecule is CC(C)CC[C@H](O)[C@@](N)(O)c1ccc(C=O)cc1.Cl. The van der Waals surface area contributed by atoms with E-state index in [1.54, 1.807) is 24.3 Å². The van der Waals surface area contributed by atoms with E-state index >= 15 is 0 Å². The van der Waals surface area contributed by atoms with Crippen molar-refractivity contribution in [3.63, 3.8) is 0 Å². The molecule has 0 heterocycles. The van der Waals surface area contributed by atoms with E-state index in [4.69, 9.17) is 5.73 Å². The minimum atomic E-state index is -1.78. The van der Waals surface area contributed by atoms with Crippen LogP contribution in [0.5, 0.6) is 0 Å². The second kappa shape index (κ2) is 7.60. The van der Waals surface area contributed by atoms with Crippen molar-refractivity contribution in [2.24, 2.45) is 11.7 Å². The average molecular weight is 288 g/mol. The molecule has 0 fully saturated rings. The molecule has 0 aliphatic carbocycles. The van der Waals surface area contributed by atoms with Crippen LogP contribution in [0.25, 0.3) is 0 Å². The summed E-state index contributed by atoms with van der Waals surface area (Å²) in [5.41, 5.74) is 4.91. The minimum Gasteiger partial charge on any atom is -0.388 e. The van der Waals surface area contributed by atoms with Crippen LogP contribution in [-0.4, -0.2) is 22.6 Å². The normalized spacial score (nSPS) is 15.5. The average Bonchev–Trinajstić information content (AvgIpc) is 2.35. The Morgan fingerprint density at radius 1 is 1.26 bits per heavy atom. The third-order valence-electron chi connectivity index (χ3n) is 3.03. The third kappa shape index (κ3) is 4.91. The van der Waals surface area contributed by atoms with Crippen LogP contribution < -0.4 is 5.73 Å². The van der Waals surface area contributed by atoms with Crippen molar-refractivity contribution in [2.75, 3.05) is 0 Å².